The molecular formula is C27H34N4O2. The number of likely N-dealkylation sites (tertiary alicyclic amines) is 1. The molecule has 2 amide bonds. The molecule has 2 aliphatic rings. The van der Waals surface area contributed by atoms with Gasteiger partial charge in [0.05, 0.1) is 0 Å². The fourth-order valence-electron chi connectivity index (χ4n) is 4.73. The number of benzene rings is 1. The van der Waals surface area contributed by atoms with Crippen LogP contribution in [0.3, 0.4) is 0 Å². The second kappa shape index (κ2) is 11.8. The Balaban J connectivity index is 1.18. The van der Waals surface area contributed by atoms with E-state index in [1.807, 2.05) is 34.1 Å². The molecule has 0 saturated carbocycles. The van der Waals surface area contributed by atoms with Gasteiger partial charge in [-0.15, -0.1) is 0 Å². The van der Waals surface area contributed by atoms with E-state index < -0.39 is 0 Å². The smallest absolute Gasteiger partial charge is 0.246 e. The summed E-state index contributed by atoms with van der Waals surface area (Å²) in [7, 11) is 0. The first-order valence-electron chi connectivity index (χ1n) is 12.1. The van der Waals surface area contributed by atoms with Crippen molar-refractivity contribution in [2.24, 2.45) is 5.92 Å². The minimum atomic E-state index is 0.0531. The van der Waals surface area contributed by atoms with Gasteiger partial charge in [-0.25, -0.2) is 0 Å². The normalized spacial score (nSPS) is 19.7. The van der Waals surface area contributed by atoms with Gasteiger partial charge in [0.2, 0.25) is 11.8 Å². The Morgan fingerprint density at radius 1 is 0.939 bits per heavy atom. The van der Waals surface area contributed by atoms with Crippen LogP contribution in [0.5, 0.6) is 0 Å². The zero-order valence-corrected chi connectivity index (χ0v) is 19.3. The van der Waals surface area contributed by atoms with Gasteiger partial charge in [-0.2, -0.15) is 0 Å². The summed E-state index contributed by atoms with van der Waals surface area (Å²) in [6.45, 7) is 5.96. The van der Waals surface area contributed by atoms with Crippen molar-refractivity contribution >= 4 is 17.9 Å². The fraction of sp³-hybridized carbons (Fsp3) is 0.444. The monoisotopic (exact) mass is 446 g/mol. The van der Waals surface area contributed by atoms with E-state index in [2.05, 4.69) is 34.1 Å². The van der Waals surface area contributed by atoms with Crippen molar-refractivity contribution in [1.82, 2.24) is 19.7 Å². The van der Waals surface area contributed by atoms with Crippen LogP contribution in [0.15, 0.2) is 60.9 Å². The Labute approximate surface area is 196 Å². The van der Waals surface area contributed by atoms with Crippen LogP contribution >= 0.6 is 0 Å². The Morgan fingerprint density at radius 2 is 1.70 bits per heavy atom. The van der Waals surface area contributed by atoms with Crippen LogP contribution in [0.2, 0.25) is 0 Å². The number of hydrogen-bond donors (Lipinski definition) is 0. The van der Waals surface area contributed by atoms with Crippen LogP contribution in [0, 0.1) is 5.92 Å². The number of aromatic nitrogens is 1. The number of hydrogen-bond acceptors (Lipinski definition) is 4. The molecule has 1 aromatic heterocycles. The number of rotatable bonds is 7. The number of nitrogens with zero attached hydrogens (tertiary/aromatic N) is 4. The number of carbonyl (C=O) groups is 2. The topological polar surface area (TPSA) is 56.8 Å². The lowest BCUT2D eigenvalue weighted by Gasteiger charge is -2.36. The lowest BCUT2D eigenvalue weighted by atomic mass is 9.93. The minimum absolute atomic E-state index is 0.0531. The highest BCUT2D eigenvalue weighted by atomic mass is 16.2. The van der Waals surface area contributed by atoms with E-state index in [1.54, 1.807) is 18.5 Å². The van der Waals surface area contributed by atoms with Gasteiger partial charge in [0.1, 0.15) is 0 Å². The van der Waals surface area contributed by atoms with Gasteiger partial charge in [-0.3, -0.25) is 19.5 Å². The van der Waals surface area contributed by atoms with Gasteiger partial charge in [0.25, 0.3) is 0 Å². The minimum Gasteiger partial charge on any atom is -0.340 e. The van der Waals surface area contributed by atoms with Crippen LogP contribution in [0.4, 0.5) is 0 Å². The van der Waals surface area contributed by atoms with Gasteiger partial charge >= 0.3 is 0 Å². The summed E-state index contributed by atoms with van der Waals surface area (Å²) in [5, 5.41) is 0. The predicted octanol–water partition coefficient (Wildman–Crippen LogP) is 3.46. The van der Waals surface area contributed by atoms with Crippen molar-refractivity contribution in [3.8, 4) is 0 Å². The number of piperazine rings is 1. The van der Waals surface area contributed by atoms with Gasteiger partial charge in [-0.1, -0.05) is 30.3 Å². The summed E-state index contributed by atoms with van der Waals surface area (Å²) in [4.78, 5) is 35.8. The number of pyridine rings is 1. The molecule has 2 aromatic rings. The van der Waals surface area contributed by atoms with Crippen LogP contribution in [-0.4, -0.2) is 70.8 Å². The second-order valence-corrected chi connectivity index (χ2v) is 9.09. The molecule has 4 rings (SSSR count). The van der Waals surface area contributed by atoms with E-state index in [0.29, 0.717) is 12.3 Å². The molecule has 3 heterocycles. The Hall–Kier alpha value is -2.99. The van der Waals surface area contributed by atoms with E-state index in [-0.39, 0.29) is 11.8 Å². The fourth-order valence-corrected chi connectivity index (χ4v) is 4.73. The maximum absolute atomic E-state index is 12.8. The maximum Gasteiger partial charge on any atom is 0.246 e. The Kier molecular flexibility index (Phi) is 8.25. The molecule has 174 valence electrons. The van der Waals surface area contributed by atoms with Gasteiger partial charge < -0.3 is 9.80 Å². The summed E-state index contributed by atoms with van der Waals surface area (Å²) in [6, 6.07) is 14.3. The summed E-state index contributed by atoms with van der Waals surface area (Å²) in [5.74, 6) is 0.716. The van der Waals surface area contributed by atoms with Crippen molar-refractivity contribution in [2.45, 2.75) is 32.2 Å². The van der Waals surface area contributed by atoms with Gasteiger partial charge in [-0.05, 0) is 54.5 Å². The first kappa shape index (κ1) is 23.2. The van der Waals surface area contributed by atoms with Crippen molar-refractivity contribution < 1.29 is 9.59 Å². The van der Waals surface area contributed by atoms with Crippen LogP contribution in [-0.2, 0) is 16.1 Å². The van der Waals surface area contributed by atoms with E-state index in [1.165, 1.54) is 5.56 Å². The molecule has 0 aliphatic carbocycles. The molecule has 2 aliphatic heterocycles. The standard InChI is InChI=1S/C27H34N4O2/c32-26(30-19-17-29(18-20-30)21-24-5-2-1-3-6-24)11-9-25-7-4-16-31(22-25)27(33)10-8-23-12-14-28-15-13-23/h1-3,5-6,8,10,12-15,25H,4,7,9,11,16-22H2/b10-8+/t25-/m0/s1. The summed E-state index contributed by atoms with van der Waals surface area (Å²) in [5.41, 5.74) is 2.30. The summed E-state index contributed by atoms with van der Waals surface area (Å²) in [6.07, 6.45) is 10.5. The lowest BCUT2D eigenvalue weighted by molar-refractivity contribution is -0.133. The molecule has 0 bridgehead atoms. The van der Waals surface area contributed by atoms with E-state index >= 15 is 0 Å². The van der Waals surface area contributed by atoms with Crippen LogP contribution < -0.4 is 0 Å². The van der Waals surface area contributed by atoms with Crippen molar-refractivity contribution in [2.75, 3.05) is 39.3 Å². The average Bonchev–Trinajstić information content (AvgIpc) is 2.88. The average molecular weight is 447 g/mol. The van der Waals surface area contributed by atoms with Crippen LogP contribution in [0.1, 0.15) is 36.8 Å². The molecule has 0 unspecified atom stereocenters. The largest absolute Gasteiger partial charge is 0.340 e. The third kappa shape index (κ3) is 6.99. The van der Waals surface area contributed by atoms with Crippen molar-refractivity contribution in [3.63, 3.8) is 0 Å². The lowest BCUT2D eigenvalue weighted by Crippen LogP contribution is -2.48. The molecule has 1 atom stereocenters. The molecule has 2 fully saturated rings. The first-order valence-corrected chi connectivity index (χ1v) is 12.1. The maximum atomic E-state index is 12.8. The molecular weight excluding hydrogens is 412 g/mol. The highest BCUT2D eigenvalue weighted by molar-refractivity contribution is 5.91. The number of carbonyl (C=O) groups excluding carboxylic acids is 2. The summed E-state index contributed by atoms with van der Waals surface area (Å²) < 4.78 is 0. The SMILES string of the molecule is O=C(/C=C/c1ccncc1)N1CCC[C@@H](CCC(=O)N2CCN(Cc3ccccc3)CC2)C1. The van der Waals surface area contributed by atoms with Gasteiger partial charge in [0, 0.05) is 70.7 Å². The summed E-state index contributed by atoms with van der Waals surface area (Å²) >= 11 is 0. The Bertz CT molecular complexity index is 924. The third-order valence-electron chi connectivity index (χ3n) is 6.70. The highest BCUT2D eigenvalue weighted by Gasteiger charge is 2.25. The molecule has 0 radical (unpaired) electrons. The van der Waals surface area contributed by atoms with Gasteiger partial charge in [0.15, 0.2) is 0 Å². The Morgan fingerprint density at radius 3 is 2.45 bits per heavy atom. The van der Waals surface area contributed by atoms with E-state index in [0.717, 1.165) is 70.6 Å². The predicted molar refractivity (Wildman–Crippen MR) is 130 cm³/mol. The van der Waals surface area contributed by atoms with E-state index in [9.17, 15) is 9.59 Å². The third-order valence-corrected chi connectivity index (χ3v) is 6.70. The number of amides is 2. The van der Waals surface area contributed by atoms with Crippen molar-refractivity contribution in [1.29, 1.82) is 0 Å². The zero-order chi connectivity index (χ0) is 22.9. The molecule has 6 nitrogen and oxygen atoms in total. The second-order valence-electron chi connectivity index (χ2n) is 9.09. The molecule has 6 heteroatoms. The first-order chi connectivity index (χ1) is 16.2. The van der Waals surface area contributed by atoms with Crippen LogP contribution in [0.25, 0.3) is 6.08 Å². The number of piperidine rings is 1. The quantitative estimate of drug-likeness (QED) is 0.612. The zero-order valence-electron chi connectivity index (χ0n) is 19.3. The molecule has 0 N–H and O–H groups in total. The molecule has 1 aromatic carbocycles. The highest BCUT2D eigenvalue weighted by Crippen LogP contribution is 2.22. The van der Waals surface area contributed by atoms with Crippen molar-refractivity contribution in [3.05, 3.63) is 72.1 Å². The molecule has 33 heavy (non-hydrogen) atoms. The van der Waals surface area contributed by atoms with E-state index in [4.69, 9.17) is 0 Å². The molecule has 2 saturated heterocycles. The molecule has 0 spiro atoms.